The highest BCUT2D eigenvalue weighted by molar-refractivity contribution is 6.24. The van der Waals surface area contributed by atoms with Gasteiger partial charge in [0.05, 0.1) is 0 Å². The van der Waals surface area contributed by atoms with E-state index in [9.17, 15) is 0 Å². The Hall–Kier alpha value is -6.90. The number of hydrogen-bond acceptors (Lipinski definition) is 2. The molecule has 0 unspecified atom stereocenters. The number of hydrogen-bond donors (Lipinski definition) is 0. The molecule has 0 bridgehead atoms. The largest absolute Gasteiger partial charge is 0.314 e. The van der Waals surface area contributed by atoms with Crippen LogP contribution < -0.4 is 9.80 Å². The topological polar surface area (TPSA) is 6.48 Å². The van der Waals surface area contributed by atoms with Gasteiger partial charge in [0.1, 0.15) is 0 Å². The molecule has 0 amide bonds. The highest BCUT2D eigenvalue weighted by atomic mass is 15.2. The van der Waals surface area contributed by atoms with Crippen molar-refractivity contribution in [2.75, 3.05) is 9.80 Å². The summed E-state index contributed by atoms with van der Waals surface area (Å²) in [6, 6.07) is 55.9. The van der Waals surface area contributed by atoms with E-state index in [2.05, 4.69) is 219 Å². The van der Waals surface area contributed by atoms with E-state index in [-0.39, 0.29) is 0 Å². The zero-order valence-corrected chi connectivity index (χ0v) is 32.9. The minimum absolute atomic E-state index is 0.941. The molecule has 0 saturated heterocycles. The van der Waals surface area contributed by atoms with Crippen LogP contribution in [-0.2, 0) is 0 Å². The molecular formula is C55H46N2. The molecule has 276 valence electrons. The number of allylic oxidation sites excluding steroid dienone is 8. The van der Waals surface area contributed by atoms with Crippen LogP contribution in [0.3, 0.4) is 0 Å². The fourth-order valence-corrected chi connectivity index (χ4v) is 8.43. The Morgan fingerprint density at radius 3 is 1.54 bits per heavy atom. The van der Waals surface area contributed by atoms with E-state index in [1.54, 1.807) is 0 Å². The molecule has 8 aromatic rings. The lowest BCUT2D eigenvalue weighted by atomic mass is 9.88. The molecule has 2 heteroatoms. The quantitative estimate of drug-likeness (QED) is 0.102. The molecule has 0 aliphatic heterocycles. The number of rotatable bonds is 10. The minimum atomic E-state index is 0.941. The van der Waals surface area contributed by atoms with Gasteiger partial charge >= 0.3 is 0 Å². The maximum absolute atomic E-state index is 4.00. The van der Waals surface area contributed by atoms with Gasteiger partial charge in [-0.3, -0.25) is 0 Å². The average Bonchev–Trinajstić information content (AvgIpc) is 3.25. The fraction of sp³-hybridized carbons (Fsp3) is 0.0909. The predicted molar refractivity (Wildman–Crippen MR) is 247 cm³/mol. The molecule has 0 fully saturated rings. The number of aryl methyl sites for hydroxylation is 2. The van der Waals surface area contributed by atoms with E-state index in [0.717, 1.165) is 41.3 Å². The van der Waals surface area contributed by atoms with E-state index >= 15 is 0 Å². The first kappa shape index (κ1) is 35.8. The standard InChI is InChI=1S/C55H46N2/c1-5-10-48(11-6-2)56(50-26-14-38(3)15-27-50)52-30-22-40(23-31-52)46-34-42-18-20-44-36-47(37-45-21-19-43(35-46)54(42)55(44)45)41-24-32-53(33-25-41)57(49-12-8-7-9-13-49)51-28-16-39(4)17-29-51/h5-22,24-30,32-37H,1,23,31H2,2-4H3/b11-6-,48-10+. The predicted octanol–water partition coefficient (Wildman–Crippen LogP) is 15.6. The normalized spacial score (nSPS) is 13.4. The Morgan fingerprint density at radius 2 is 1.04 bits per heavy atom. The molecule has 0 saturated carbocycles. The first-order valence-electron chi connectivity index (χ1n) is 19.9. The van der Waals surface area contributed by atoms with Gasteiger partial charge in [-0.15, -0.1) is 0 Å². The van der Waals surface area contributed by atoms with E-state index in [0.29, 0.717) is 0 Å². The third-order valence-electron chi connectivity index (χ3n) is 11.3. The van der Waals surface area contributed by atoms with Crippen molar-refractivity contribution in [1.29, 1.82) is 0 Å². The summed E-state index contributed by atoms with van der Waals surface area (Å²) in [7, 11) is 0. The van der Waals surface area contributed by atoms with Crippen LogP contribution in [0.4, 0.5) is 22.7 Å². The second-order valence-corrected chi connectivity index (χ2v) is 15.1. The average molecular weight is 735 g/mol. The highest BCUT2D eigenvalue weighted by Crippen LogP contribution is 2.42. The zero-order valence-electron chi connectivity index (χ0n) is 32.9. The van der Waals surface area contributed by atoms with Crippen LogP contribution in [0.1, 0.15) is 36.5 Å². The molecule has 2 nitrogen and oxygen atoms in total. The van der Waals surface area contributed by atoms with Crippen LogP contribution in [0, 0.1) is 13.8 Å². The van der Waals surface area contributed by atoms with Gasteiger partial charge in [-0.25, -0.2) is 0 Å². The lowest BCUT2D eigenvalue weighted by Crippen LogP contribution is -2.22. The smallest absolute Gasteiger partial charge is 0.0462 e. The molecule has 1 aliphatic rings. The fourth-order valence-electron chi connectivity index (χ4n) is 8.43. The van der Waals surface area contributed by atoms with E-state index in [4.69, 9.17) is 0 Å². The first-order chi connectivity index (χ1) is 28.0. The van der Waals surface area contributed by atoms with Gasteiger partial charge in [0.2, 0.25) is 0 Å². The van der Waals surface area contributed by atoms with Crippen molar-refractivity contribution in [3.63, 3.8) is 0 Å². The summed E-state index contributed by atoms with van der Waals surface area (Å²) in [6.07, 6.45) is 14.7. The third-order valence-corrected chi connectivity index (χ3v) is 11.3. The van der Waals surface area contributed by atoms with Crippen LogP contribution in [-0.4, -0.2) is 0 Å². The van der Waals surface area contributed by atoms with Gasteiger partial charge < -0.3 is 9.80 Å². The Balaban J connectivity index is 1.04. The molecule has 57 heavy (non-hydrogen) atoms. The minimum Gasteiger partial charge on any atom is -0.314 e. The number of benzene rings is 8. The monoisotopic (exact) mass is 734 g/mol. The second kappa shape index (κ2) is 15.3. The summed E-state index contributed by atoms with van der Waals surface area (Å²) < 4.78 is 0. The maximum atomic E-state index is 4.00. The Kier molecular flexibility index (Phi) is 9.62. The molecule has 0 atom stereocenters. The van der Waals surface area contributed by atoms with Crippen molar-refractivity contribution in [2.45, 2.75) is 33.6 Å². The Labute approximate surface area is 336 Å². The number of anilines is 4. The van der Waals surface area contributed by atoms with Gasteiger partial charge in [0, 0.05) is 34.1 Å². The van der Waals surface area contributed by atoms with Crippen LogP contribution >= 0.6 is 0 Å². The summed E-state index contributed by atoms with van der Waals surface area (Å²) in [5, 5.41) is 7.80. The van der Waals surface area contributed by atoms with Crippen molar-refractivity contribution in [3.8, 4) is 11.1 Å². The Morgan fingerprint density at radius 1 is 0.526 bits per heavy atom. The zero-order chi connectivity index (χ0) is 38.9. The summed E-state index contributed by atoms with van der Waals surface area (Å²) in [5.41, 5.74) is 14.6. The molecule has 0 N–H and O–H groups in total. The van der Waals surface area contributed by atoms with E-state index < -0.39 is 0 Å². The van der Waals surface area contributed by atoms with Crippen molar-refractivity contribution in [2.24, 2.45) is 0 Å². The molecule has 0 heterocycles. The molecule has 0 spiro atoms. The van der Waals surface area contributed by atoms with Gasteiger partial charge in [-0.2, -0.15) is 0 Å². The van der Waals surface area contributed by atoms with Gasteiger partial charge in [-0.05, 0) is 179 Å². The van der Waals surface area contributed by atoms with Gasteiger partial charge in [0.15, 0.2) is 0 Å². The summed E-state index contributed by atoms with van der Waals surface area (Å²) >= 11 is 0. The highest BCUT2D eigenvalue weighted by Gasteiger charge is 2.20. The van der Waals surface area contributed by atoms with Crippen molar-refractivity contribution >= 4 is 60.6 Å². The van der Waals surface area contributed by atoms with Crippen LogP contribution in [0.2, 0.25) is 0 Å². The molecule has 0 aromatic heterocycles. The lowest BCUT2D eigenvalue weighted by Gasteiger charge is -2.31. The van der Waals surface area contributed by atoms with Crippen LogP contribution in [0.15, 0.2) is 206 Å². The number of para-hydroxylation sites is 1. The van der Waals surface area contributed by atoms with Crippen molar-refractivity contribution in [3.05, 3.63) is 223 Å². The summed E-state index contributed by atoms with van der Waals surface area (Å²) in [4.78, 5) is 4.68. The van der Waals surface area contributed by atoms with Crippen LogP contribution in [0.5, 0.6) is 0 Å². The van der Waals surface area contributed by atoms with Crippen LogP contribution in [0.25, 0.3) is 49.0 Å². The maximum Gasteiger partial charge on any atom is 0.0462 e. The molecular weight excluding hydrogens is 689 g/mol. The third kappa shape index (κ3) is 6.96. The second-order valence-electron chi connectivity index (χ2n) is 15.1. The van der Waals surface area contributed by atoms with E-state index in [1.807, 2.05) is 6.08 Å². The summed E-state index contributed by atoms with van der Waals surface area (Å²) in [6.45, 7) is 10.3. The van der Waals surface area contributed by atoms with Gasteiger partial charge in [0.25, 0.3) is 0 Å². The van der Waals surface area contributed by atoms with Gasteiger partial charge in [-0.1, -0.05) is 115 Å². The molecule has 0 radical (unpaired) electrons. The lowest BCUT2D eigenvalue weighted by molar-refractivity contribution is 0.912. The molecule has 8 aromatic carbocycles. The van der Waals surface area contributed by atoms with E-state index in [1.165, 1.54) is 71.4 Å². The Bertz CT molecular complexity index is 2790. The molecule has 9 rings (SSSR count). The summed E-state index contributed by atoms with van der Waals surface area (Å²) in [5.74, 6) is 0. The van der Waals surface area contributed by atoms with Crippen molar-refractivity contribution in [1.82, 2.24) is 0 Å². The van der Waals surface area contributed by atoms with Crippen molar-refractivity contribution < 1.29 is 0 Å². The SMILES string of the molecule is C=C/C=C(\C=C/C)N(C1=CC=C(c2cc3ccc4cc(-c5ccc(N(c6ccccc6)c6ccc(C)cc6)cc5)cc5ccc(c2)c3c45)CC1)c1ccc(C)cc1. The number of nitrogens with zero attached hydrogens (tertiary/aromatic N) is 2. The molecule has 1 aliphatic carbocycles. The first-order valence-corrected chi connectivity index (χ1v) is 19.9.